The van der Waals surface area contributed by atoms with E-state index in [0.717, 1.165) is 12.8 Å². The number of unbranched alkanes of at least 4 members (excludes halogenated alkanes) is 14. The first kappa shape index (κ1) is 31.8. The van der Waals surface area contributed by atoms with E-state index in [4.69, 9.17) is 23.7 Å². The molecule has 0 spiro atoms. The van der Waals surface area contributed by atoms with E-state index in [1.165, 1.54) is 97.5 Å². The maximum absolute atomic E-state index is 12.0. The Kier molecular flexibility index (Phi) is 24.5. The molecule has 0 aliphatic heterocycles. The standard InChI is InChI=1S/C26H50O7/c1-4-5-6-7-8-9-10-11-12-13-14-15-16-17-18-19-26(28)31-21-25(33-22-29-3)20-30-23-32-24(2)27/h25H,4-23H2,1-3H3. The third-order valence-corrected chi connectivity index (χ3v) is 5.49. The highest BCUT2D eigenvalue weighted by Crippen LogP contribution is 2.14. The Morgan fingerprint density at radius 3 is 1.67 bits per heavy atom. The van der Waals surface area contributed by atoms with Crippen LogP contribution in [0.15, 0.2) is 0 Å². The largest absolute Gasteiger partial charge is 0.463 e. The van der Waals surface area contributed by atoms with Crippen molar-refractivity contribution in [2.75, 3.05) is 33.9 Å². The third kappa shape index (κ3) is 25.3. The highest BCUT2D eigenvalue weighted by Gasteiger charge is 2.13. The third-order valence-electron chi connectivity index (χ3n) is 5.49. The Bertz CT molecular complexity index is 442. The van der Waals surface area contributed by atoms with Crippen molar-refractivity contribution in [1.29, 1.82) is 0 Å². The maximum atomic E-state index is 12.0. The Morgan fingerprint density at radius 1 is 0.667 bits per heavy atom. The summed E-state index contributed by atoms with van der Waals surface area (Å²) in [5.41, 5.74) is 0. The molecule has 1 unspecified atom stereocenters. The minimum absolute atomic E-state index is 0.0676. The van der Waals surface area contributed by atoms with Crippen LogP contribution in [-0.4, -0.2) is 52.0 Å². The summed E-state index contributed by atoms with van der Waals surface area (Å²) in [6.07, 6.45) is 19.4. The first-order chi connectivity index (χ1) is 16.1. The van der Waals surface area contributed by atoms with Gasteiger partial charge in [0.15, 0.2) is 6.79 Å². The molecule has 196 valence electrons. The second-order valence-corrected chi connectivity index (χ2v) is 8.70. The zero-order valence-corrected chi connectivity index (χ0v) is 21.6. The van der Waals surface area contributed by atoms with E-state index >= 15 is 0 Å². The molecular weight excluding hydrogens is 424 g/mol. The zero-order chi connectivity index (χ0) is 24.4. The predicted octanol–water partition coefficient (Wildman–Crippen LogP) is 6.32. The van der Waals surface area contributed by atoms with Crippen molar-refractivity contribution in [2.24, 2.45) is 0 Å². The van der Waals surface area contributed by atoms with Crippen LogP contribution in [0, 0.1) is 0 Å². The van der Waals surface area contributed by atoms with Crippen LogP contribution in [0.25, 0.3) is 0 Å². The number of ether oxygens (including phenoxy) is 5. The molecule has 0 aromatic heterocycles. The molecule has 0 amide bonds. The minimum atomic E-state index is -0.467. The summed E-state index contributed by atoms with van der Waals surface area (Å²) in [4.78, 5) is 22.7. The molecule has 0 N–H and O–H groups in total. The summed E-state index contributed by atoms with van der Waals surface area (Å²) >= 11 is 0. The van der Waals surface area contributed by atoms with Crippen molar-refractivity contribution in [2.45, 2.75) is 123 Å². The molecule has 0 bridgehead atoms. The second-order valence-electron chi connectivity index (χ2n) is 8.70. The van der Waals surface area contributed by atoms with Gasteiger partial charge in [-0.15, -0.1) is 0 Å². The first-order valence-electron chi connectivity index (χ1n) is 13.1. The molecule has 0 aromatic rings. The molecule has 0 aliphatic carbocycles. The Hall–Kier alpha value is -1.18. The number of carbonyl (C=O) groups is 2. The lowest BCUT2D eigenvalue weighted by atomic mass is 10.0. The zero-order valence-electron chi connectivity index (χ0n) is 21.6. The van der Waals surface area contributed by atoms with E-state index in [1.54, 1.807) is 0 Å². The van der Waals surface area contributed by atoms with E-state index in [-0.39, 0.29) is 32.8 Å². The fourth-order valence-electron chi connectivity index (χ4n) is 3.51. The predicted molar refractivity (Wildman–Crippen MR) is 130 cm³/mol. The van der Waals surface area contributed by atoms with E-state index in [9.17, 15) is 9.59 Å². The number of hydrogen-bond donors (Lipinski definition) is 0. The molecule has 0 heterocycles. The van der Waals surface area contributed by atoms with Gasteiger partial charge in [0, 0.05) is 20.5 Å². The van der Waals surface area contributed by atoms with Gasteiger partial charge in [0.05, 0.1) is 6.61 Å². The average molecular weight is 475 g/mol. The van der Waals surface area contributed by atoms with Crippen molar-refractivity contribution in [1.82, 2.24) is 0 Å². The monoisotopic (exact) mass is 474 g/mol. The number of esters is 2. The molecule has 0 saturated heterocycles. The molecule has 0 fully saturated rings. The smallest absolute Gasteiger partial charge is 0.305 e. The molecule has 1 atom stereocenters. The van der Waals surface area contributed by atoms with Gasteiger partial charge in [0.2, 0.25) is 0 Å². The summed E-state index contributed by atoms with van der Waals surface area (Å²) in [5, 5.41) is 0. The quantitative estimate of drug-likeness (QED) is 0.0870. The van der Waals surface area contributed by atoms with Crippen molar-refractivity contribution in [3.05, 3.63) is 0 Å². The Labute approximate surface area is 202 Å². The summed E-state index contributed by atoms with van der Waals surface area (Å²) in [5.74, 6) is -0.644. The number of hydrogen-bond acceptors (Lipinski definition) is 7. The molecule has 0 radical (unpaired) electrons. The first-order valence-corrected chi connectivity index (χ1v) is 13.1. The molecule has 0 rings (SSSR count). The lowest BCUT2D eigenvalue weighted by Gasteiger charge is -2.17. The number of methoxy groups -OCH3 is 1. The van der Waals surface area contributed by atoms with E-state index in [1.807, 2.05) is 0 Å². The molecule has 7 heteroatoms. The van der Waals surface area contributed by atoms with Gasteiger partial charge >= 0.3 is 11.9 Å². The summed E-state index contributed by atoms with van der Waals surface area (Å²) in [7, 11) is 1.51. The highest BCUT2D eigenvalue weighted by molar-refractivity contribution is 5.69. The summed E-state index contributed by atoms with van der Waals surface area (Å²) in [6.45, 7) is 3.71. The van der Waals surface area contributed by atoms with Crippen LogP contribution in [0.3, 0.4) is 0 Å². The van der Waals surface area contributed by atoms with Gasteiger partial charge in [-0.25, -0.2) is 0 Å². The van der Waals surface area contributed by atoms with Gasteiger partial charge in [-0.05, 0) is 6.42 Å². The van der Waals surface area contributed by atoms with Crippen molar-refractivity contribution < 1.29 is 33.3 Å². The summed E-state index contributed by atoms with van der Waals surface area (Å²) < 4.78 is 25.5. The van der Waals surface area contributed by atoms with E-state index in [0.29, 0.717) is 6.42 Å². The fraction of sp³-hybridized carbons (Fsp3) is 0.923. The van der Waals surface area contributed by atoms with Gasteiger partial charge in [0.25, 0.3) is 0 Å². The van der Waals surface area contributed by atoms with Gasteiger partial charge in [-0.1, -0.05) is 96.8 Å². The highest BCUT2D eigenvalue weighted by atomic mass is 16.7. The van der Waals surface area contributed by atoms with Crippen molar-refractivity contribution in [3.8, 4) is 0 Å². The number of carbonyl (C=O) groups excluding carboxylic acids is 2. The SMILES string of the molecule is CCCCCCCCCCCCCCCCCC(=O)OCC(COCOC(C)=O)OCOC. The van der Waals surface area contributed by atoms with Crippen LogP contribution in [-0.2, 0) is 33.3 Å². The van der Waals surface area contributed by atoms with Gasteiger partial charge < -0.3 is 23.7 Å². The summed E-state index contributed by atoms with van der Waals surface area (Å²) in [6, 6.07) is 0. The van der Waals surface area contributed by atoms with Crippen LogP contribution in [0.2, 0.25) is 0 Å². The van der Waals surface area contributed by atoms with Gasteiger partial charge in [0.1, 0.15) is 19.5 Å². The maximum Gasteiger partial charge on any atom is 0.305 e. The van der Waals surface area contributed by atoms with Gasteiger partial charge in [-0.3, -0.25) is 9.59 Å². The van der Waals surface area contributed by atoms with Crippen LogP contribution >= 0.6 is 0 Å². The lowest BCUT2D eigenvalue weighted by molar-refractivity contribution is -0.168. The molecule has 0 aliphatic rings. The van der Waals surface area contributed by atoms with Crippen molar-refractivity contribution in [3.63, 3.8) is 0 Å². The normalized spacial score (nSPS) is 12.0. The lowest BCUT2D eigenvalue weighted by Crippen LogP contribution is -2.28. The number of rotatable bonds is 25. The second kappa shape index (κ2) is 25.4. The Balaban J connectivity index is 3.53. The molecule has 0 aromatic carbocycles. The minimum Gasteiger partial charge on any atom is -0.463 e. The van der Waals surface area contributed by atoms with E-state index in [2.05, 4.69) is 6.92 Å². The van der Waals surface area contributed by atoms with Crippen LogP contribution < -0.4 is 0 Å². The average Bonchev–Trinajstić information content (AvgIpc) is 2.80. The fourth-order valence-corrected chi connectivity index (χ4v) is 3.51. The van der Waals surface area contributed by atoms with Crippen LogP contribution in [0.5, 0.6) is 0 Å². The van der Waals surface area contributed by atoms with Crippen LogP contribution in [0.4, 0.5) is 0 Å². The Morgan fingerprint density at radius 2 is 1.18 bits per heavy atom. The van der Waals surface area contributed by atoms with E-state index < -0.39 is 12.1 Å². The van der Waals surface area contributed by atoms with Crippen molar-refractivity contribution >= 4 is 11.9 Å². The molecule has 33 heavy (non-hydrogen) atoms. The molecular formula is C26H50O7. The molecule has 7 nitrogen and oxygen atoms in total. The van der Waals surface area contributed by atoms with Gasteiger partial charge in [-0.2, -0.15) is 0 Å². The van der Waals surface area contributed by atoms with Crippen LogP contribution in [0.1, 0.15) is 117 Å². The molecule has 0 saturated carbocycles. The topological polar surface area (TPSA) is 80.3 Å².